The van der Waals surface area contributed by atoms with E-state index in [-0.39, 0.29) is 5.69 Å². The van der Waals surface area contributed by atoms with Gasteiger partial charge in [-0.2, -0.15) is 0 Å². The summed E-state index contributed by atoms with van der Waals surface area (Å²) < 4.78 is 0. The Bertz CT molecular complexity index is 613. The zero-order chi connectivity index (χ0) is 13.8. The fourth-order valence-electron chi connectivity index (χ4n) is 1.66. The van der Waals surface area contributed by atoms with Gasteiger partial charge >= 0.3 is 0 Å². The van der Waals surface area contributed by atoms with E-state index in [0.717, 1.165) is 11.3 Å². The van der Waals surface area contributed by atoms with E-state index in [4.69, 9.17) is 0 Å². The minimum atomic E-state index is -0.439. The van der Waals surface area contributed by atoms with Crippen LogP contribution in [0.1, 0.15) is 5.56 Å². The SMILES string of the molecule is CNc1cc([N+](=O)[O-])cc(Nc2ccccc2C)n1. The highest BCUT2D eigenvalue weighted by molar-refractivity contribution is 5.64. The van der Waals surface area contributed by atoms with Gasteiger partial charge in [-0.15, -0.1) is 0 Å². The quantitative estimate of drug-likeness (QED) is 0.650. The Kier molecular flexibility index (Phi) is 3.61. The van der Waals surface area contributed by atoms with Crippen molar-refractivity contribution < 1.29 is 4.92 Å². The highest BCUT2D eigenvalue weighted by Gasteiger charge is 2.11. The number of anilines is 3. The third kappa shape index (κ3) is 2.98. The lowest BCUT2D eigenvalue weighted by Crippen LogP contribution is -2.01. The average Bonchev–Trinajstić information content (AvgIpc) is 2.41. The number of hydrogen-bond donors (Lipinski definition) is 2. The van der Waals surface area contributed by atoms with Crippen LogP contribution < -0.4 is 10.6 Å². The summed E-state index contributed by atoms with van der Waals surface area (Å²) in [6.07, 6.45) is 0. The molecule has 2 N–H and O–H groups in total. The van der Waals surface area contributed by atoms with E-state index < -0.39 is 4.92 Å². The maximum atomic E-state index is 10.9. The number of rotatable bonds is 4. The topological polar surface area (TPSA) is 80.1 Å². The standard InChI is InChI=1S/C13H14N4O2/c1-9-5-3-4-6-11(9)15-13-8-10(17(18)19)7-12(14-2)16-13/h3-8H,1-2H3,(H2,14,15,16). The van der Waals surface area contributed by atoms with Gasteiger partial charge < -0.3 is 10.6 Å². The van der Waals surface area contributed by atoms with Crippen molar-refractivity contribution in [2.24, 2.45) is 0 Å². The van der Waals surface area contributed by atoms with Crippen LogP contribution in [0.3, 0.4) is 0 Å². The molecule has 0 fully saturated rings. The fraction of sp³-hybridized carbons (Fsp3) is 0.154. The Morgan fingerprint density at radius 3 is 2.53 bits per heavy atom. The molecule has 1 aromatic heterocycles. The number of hydrogen-bond acceptors (Lipinski definition) is 5. The first-order chi connectivity index (χ1) is 9.10. The normalized spacial score (nSPS) is 10.0. The molecule has 0 unspecified atom stereocenters. The zero-order valence-electron chi connectivity index (χ0n) is 10.7. The maximum absolute atomic E-state index is 10.9. The van der Waals surface area contributed by atoms with Crippen LogP contribution in [-0.2, 0) is 0 Å². The van der Waals surface area contributed by atoms with E-state index in [2.05, 4.69) is 15.6 Å². The van der Waals surface area contributed by atoms with Crippen LogP contribution in [0.2, 0.25) is 0 Å². The average molecular weight is 258 g/mol. The molecule has 2 aromatic rings. The van der Waals surface area contributed by atoms with Crippen molar-refractivity contribution in [2.45, 2.75) is 6.92 Å². The number of pyridine rings is 1. The molecule has 0 radical (unpaired) electrons. The van der Waals surface area contributed by atoms with Crippen molar-refractivity contribution in [2.75, 3.05) is 17.7 Å². The lowest BCUT2D eigenvalue weighted by Gasteiger charge is -2.09. The molecule has 1 aromatic carbocycles. The second-order valence-electron chi connectivity index (χ2n) is 4.04. The molecule has 0 saturated carbocycles. The summed E-state index contributed by atoms with van der Waals surface area (Å²) in [4.78, 5) is 14.7. The van der Waals surface area contributed by atoms with Gasteiger partial charge in [0.25, 0.3) is 5.69 Å². The van der Waals surface area contributed by atoms with Gasteiger partial charge in [-0.3, -0.25) is 10.1 Å². The van der Waals surface area contributed by atoms with Crippen LogP contribution in [0.5, 0.6) is 0 Å². The molecule has 0 atom stereocenters. The third-order valence-corrected chi connectivity index (χ3v) is 2.68. The first-order valence-electron chi connectivity index (χ1n) is 5.77. The Labute approximate surface area is 110 Å². The van der Waals surface area contributed by atoms with Gasteiger partial charge in [0, 0.05) is 12.7 Å². The fourth-order valence-corrected chi connectivity index (χ4v) is 1.66. The minimum absolute atomic E-state index is 0.00423. The molecule has 0 aliphatic heterocycles. The van der Waals surface area contributed by atoms with Crippen LogP contribution in [-0.4, -0.2) is 17.0 Å². The van der Waals surface area contributed by atoms with E-state index in [1.807, 2.05) is 31.2 Å². The first-order valence-corrected chi connectivity index (χ1v) is 5.77. The van der Waals surface area contributed by atoms with Gasteiger partial charge in [0.2, 0.25) is 0 Å². The summed E-state index contributed by atoms with van der Waals surface area (Å²) in [7, 11) is 1.67. The Morgan fingerprint density at radius 2 is 1.89 bits per heavy atom. The van der Waals surface area contributed by atoms with E-state index in [1.54, 1.807) is 7.05 Å². The first kappa shape index (κ1) is 12.8. The number of benzene rings is 1. The number of nitrogens with one attached hydrogen (secondary N) is 2. The summed E-state index contributed by atoms with van der Waals surface area (Å²) in [6, 6.07) is 10.5. The molecule has 2 rings (SSSR count). The lowest BCUT2D eigenvalue weighted by atomic mass is 10.2. The molecular formula is C13H14N4O2. The zero-order valence-corrected chi connectivity index (χ0v) is 10.7. The van der Waals surface area contributed by atoms with Gasteiger partial charge in [-0.25, -0.2) is 4.98 Å². The van der Waals surface area contributed by atoms with Crippen LogP contribution in [0, 0.1) is 17.0 Å². The molecule has 0 spiro atoms. The number of aromatic nitrogens is 1. The van der Waals surface area contributed by atoms with Gasteiger partial charge in [0.1, 0.15) is 11.6 Å². The van der Waals surface area contributed by atoms with Crippen molar-refractivity contribution >= 4 is 23.0 Å². The minimum Gasteiger partial charge on any atom is -0.373 e. The van der Waals surface area contributed by atoms with Gasteiger partial charge in [0.15, 0.2) is 0 Å². The molecule has 0 saturated heterocycles. The van der Waals surface area contributed by atoms with Crippen LogP contribution in [0.4, 0.5) is 23.0 Å². The molecule has 19 heavy (non-hydrogen) atoms. The van der Waals surface area contributed by atoms with E-state index in [0.29, 0.717) is 11.6 Å². The summed E-state index contributed by atoms with van der Waals surface area (Å²) in [5.41, 5.74) is 1.91. The highest BCUT2D eigenvalue weighted by atomic mass is 16.6. The highest BCUT2D eigenvalue weighted by Crippen LogP contribution is 2.24. The van der Waals surface area contributed by atoms with Crippen molar-refractivity contribution in [1.82, 2.24) is 4.98 Å². The molecule has 0 aliphatic rings. The second kappa shape index (κ2) is 5.34. The predicted octanol–water partition coefficient (Wildman–Crippen LogP) is 3.08. The maximum Gasteiger partial charge on any atom is 0.276 e. The van der Waals surface area contributed by atoms with Crippen molar-refractivity contribution in [3.05, 3.63) is 52.1 Å². The van der Waals surface area contributed by atoms with Gasteiger partial charge in [-0.1, -0.05) is 18.2 Å². The third-order valence-electron chi connectivity index (χ3n) is 2.68. The van der Waals surface area contributed by atoms with Crippen LogP contribution in [0.25, 0.3) is 0 Å². The lowest BCUT2D eigenvalue weighted by molar-refractivity contribution is -0.384. The molecule has 0 amide bonds. The number of nitro groups is 1. The largest absolute Gasteiger partial charge is 0.373 e. The van der Waals surface area contributed by atoms with Crippen LogP contribution in [0.15, 0.2) is 36.4 Å². The Hall–Kier alpha value is -2.63. The predicted molar refractivity (Wildman–Crippen MR) is 74.9 cm³/mol. The Balaban J connectivity index is 2.37. The molecule has 6 heteroatoms. The molecule has 1 heterocycles. The number of aryl methyl sites for hydroxylation is 1. The van der Waals surface area contributed by atoms with Gasteiger partial charge in [0.05, 0.1) is 17.1 Å². The molecule has 6 nitrogen and oxygen atoms in total. The summed E-state index contributed by atoms with van der Waals surface area (Å²) >= 11 is 0. The second-order valence-corrected chi connectivity index (χ2v) is 4.04. The molecule has 0 aliphatic carbocycles. The summed E-state index contributed by atoms with van der Waals surface area (Å²) in [5, 5.41) is 16.8. The number of nitrogens with zero attached hydrogens (tertiary/aromatic N) is 2. The molecule has 98 valence electrons. The van der Waals surface area contributed by atoms with E-state index in [9.17, 15) is 10.1 Å². The van der Waals surface area contributed by atoms with Crippen molar-refractivity contribution in [3.63, 3.8) is 0 Å². The summed E-state index contributed by atoms with van der Waals surface area (Å²) in [5.74, 6) is 0.887. The summed E-state index contributed by atoms with van der Waals surface area (Å²) in [6.45, 7) is 1.96. The van der Waals surface area contributed by atoms with Crippen molar-refractivity contribution in [3.8, 4) is 0 Å². The Morgan fingerprint density at radius 1 is 1.21 bits per heavy atom. The molecule has 0 bridgehead atoms. The van der Waals surface area contributed by atoms with Crippen LogP contribution >= 0.6 is 0 Å². The monoisotopic (exact) mass is 258 g/mol. The van der Waals surface area contributed by atoms with Crippen molar-refractivity contribution in [1.29, 1.82) is 0 Å². The van der Waals surface area contributed by atoms with E-state index in [1.165, 1.54) is 12.1 Å². The number of para-hydroxylation sites is 1. The molecular weight excluding hydrogens is 244 g/mol. The van der Waals surface area contributed by atoms with E-state index >= 15 is 0 Å². The smallest absolute Gasteiger partial charge is 0.276 e. The van der Waals surface area contributed by atoms with Gasteiger partial charge in [-0.05, 0) is 18.6 Å².